The van der Waals surface area contributed by atoms with Crippen LogP contribution in [0.4, 0.5) is 0 Å². The Hall–Kier alpha value is -1.94. The lowest BCUT2D eigenvalue weighted by atomic mass is 10.0. The van der Waals surface area contributed by atoms with Gasteiger partial charge in [0.15, 0.2) is 12.2 Å². The molecule has 0 rings (SSSR count). The standard InChI is InChI=1S/C71H138O17P2/c1-5-9-13-17-21-25-28-30-32-33-34-36-38-42-46-50-54-58-71(76)88-67(62-82-69(74)56-52-48-44-41-37-35-31-29-26-22-18-14-10-6-2)64-86-90(79,80)84-60-65(72)59-83-89(77,78)85-63-66(61-81-68(73)55-51-47-43-39-24-20-16-12-8-4)87-70(75)57-53-49-45-40-27-23-19-15-11-7-3/h65-67,72H,5-64H2,1-4H3,(H,77,78)(H,79,80)/t65-,66+,67+/m0/s1. The maximum Gasteiger partial charge on any atom is 0.472 e. The number of hydrogen-bond acceptors (Lipinski definition) is 15. The average molecular weight is 1330 g/mol. The van der Waals surface area contributed by atoms with Gasteiger partial charge < -0.3 is 33.8 Å². The first kappa shape index (κ1) is 88.1. The highest BCUT2D eigenvalue weighted by Gasteiger charge is 2.30. The minimum absolute atomic E-state index is 0.107. The third-order valence-electron chi connectivity index (χ3n) is 16.6. The summed E-state index contributed by atoms with van der Waals surface area (Å²) < 4.78 is 68.3. The van der Waals surface area contributed by atoms with E-state index in [9.17, 15) is 43.2 Å². The maximum atomic E-state index is 13.0. The molecule has 0 bridgehead atoms. The number of unbranched alkanes of at least 4 members (excludes halogenated alkanes) is 46. The third-order valence-corrected chi connectivity index (χ3v) is 18.5. The first-order valence-electron chi connectivity index (χ1n) is 37.3. The second-order valence-electron chi connectivity index (χ2n) is 25.6. The average Bonchev–Trinajstić information content (AvgIpc) is 3.15. The summed E-state index contributed by atoms with van der Waals surface area (Å²) in [7, 11) is -9.89. The van der Waals surface area contributed by atoms with Crippen LogP contribution in [-0.2, 0) is 65.4 Å². The van der Waals surface area contributed by atoms with Gasteiger partial charge in [-0.1, -0.05) is 323 Å². The van der Waals surface area contributed by atoms with Crippen LogP contribution in [0.5, 0.6) is 0 Å². The van der Waals surface area contributed by atoms with E-state index in [1.54, 1.807) is 0 Å². The number of rotatable bonds is 72. The highest BCUT2D eigenvalue weighted by Crippen LogP contribution is 2.45. The lowest BCUT2D eigenvalue weighted by Gasteiger charge is -2.21. The third kappa shape index (κ3) is 64.8. The van der Waals surface area contributed by atoms with Crippen LogP contribution in [0, 0.1) is 0 Å². The Labute approximate surface area is 549 Å². The zero-order valence-electron chi connectivity index (χ0n) is 58.1. The summed E-state index contributed by atoms with van der Waals surface area (Å²) in [4.78, 5) is 72.5. The molecule has 0 aromatic heterocycles. The highest BCUT2D eigenvalue weighted by atomic mass is 31.2. The molecule has 0 aliphatic carbocycles. The van der Waals surface area contributed by atoms with Crippen LogP contribution in [0.3, 0.4) is 0 Å². The Bertz CT molecular complexity index is 1720. The van der Waals surface area contributed by atoms with Crippen molar-refractivity contribution in [1.82, 2.24) is 0 Å². The summed E-state index contributed by atoms with van der Waals surface area (Å²) >= 11 is 0. The summed E-state index contributed by atoms with van der Waals surface area (Å²) in [6, 6.07) is 0. The second-order valence-corrected chi connectivity index (χ2v) is 28.5. The van der Waals surface area contributed by atoms with E-state index in [0.717, 1.165) is 89.9 Å². The summed E-state index contributed by atoms with van der Waals surface area (Å²) in [6.45, 7) is 4.93. The number of aliphatic hydroxyl groups is 1. The van der Waals surface area contributed by atoms with E-state index in [-0.39, 0.29) is 25.7 Å². The first-order chi connectivity index (χ1) is 43.7. The molecular formula is C71H138O17P2. The molecule has 0 heterocycles. The lowest BCUT2D eigenvalue weighted by molar-refractivity contribution is -0.161. The minimum atomic E-state index is -4.95. The molecule has 90 heavy (non-hydrogen) atoms. The molecule has 0 saturated heterocycles. The Morgan fingerprint density at radius 1 is 0.267 bits per heavy atom. The van der Waals surface area contributed by atoms with E-state index >= 15 is 0 Å². The fourth-order valence-corrected chi connectivity index (χ4v) is 12.4. The first-order valence-corrected chi connectivity index (χ1v) is 40.3. The fourth-order valence-electron chi connectivity index (χ4n) is 10.9. The molecule has 2 unspecified atom stereocenters. The molecule has 0 aromatic carbocycles. The van der Waals surface area contributed by atoms with E-state index < -0.39 is 97.5 Å². The largest absolute Gasteiger partial charge is 0.472 e. The molecule has 17 nitrogen and oxygen atoms in total. The zero-order valence-corrected chi connectivity index (χ0v) is 59.9. The molecule has 0 fully saturated rings. The normalized spacial score (nSPS) is 14.0. The SMILES string of the molecule is CCCCCCCCCCCCCCCCCCCC(=O)O[C@H](COC(=O)CCCCCCCCCCCCCCCC)COP(=O)(O)OC[C@@H](O)COP(=O)(O)OC[C@@H](COC(=O)CCCCCCCCCCC)OC(=O)CCCCCCCCCCCC. The molecule has 534 valence electrons. The minimum Gasteiger partial charge on any atom is -0.462 e. The highest BCUT2D eigenvalue weighted by molar-refractivity contribution is 7.47. The number of carbonyl (C=O) groups excluding carboxylic acids is 4. The number of carbonyl (C=O) groups is 4. The molecular weight excluding hydrogens is 1190 g/mol. The number of hydrogen-bond donors (Lipinski definition) is 3. The van der Waals surface area contributed by atoms with Crippen molar-refractivity contribution in [2.75, 3.05) is 39.6 Å². The van der Waals surface area contributed by atoms with E-state index in [4.69, 9.17) is 37.0 Å². The van der Waals surface area contributed by atoms with Crippen molar-refractivity contribution >= 4 is 39.5 Å². The second kappa shape index (κ2) is 65.7. The predicted molar refractivity (Wildman–Crippen MR) is 363 cm³/mol. The van der Waals surface area contributed by atoms with Crippen LogP contribution >= 0.6 is 15.6 Å². The quantitative estimate of drug-likeness (QED) is 0.0222. The van der Waals surface area contributed by atoms with Gasteiger partial charge in [-0.05, 0) is 25.7 Å². The van der Waals surface area contributed by atoms with Gasteiger partial charge in [0.1, 0.15) is 19.3 Å². The molecule has 3 N–H and O–H groups in total. The molecule has 0 spiro atoms. The Morgan fingerprint density at radius 3 is 0.656 bits per heavy atom. The topological polar surface area (TPSA) is 237 Å². The van der Waals surface area contributed by atoms with Crippen LogP contribution < -0.4 is 0 Å². The van der Waals surface area contributed by atoms with Gasteiger partial charge in [-0.3, -0.25) is 37.3 Å². The molecule has 0 amide bonds. The van der Waals surface area contributed by atoms with E-state index in [0.29, 0.717) is 25.7 Å². The van der Waals surface area contributed by atoms with Gasteiger partial charge in [0, 0.05) is 25.7 Å². The smallest absolute Gasteiger partial charge is 0.462 e. The van der Waals surface area contributed by atoms with Crippen molar-refractivity contribution in [3.63, 3.8) is 0 Å². The molecule has 0 aromatic rings. The van der Waals surface area contributed by atoms with Gasteiger partial charge in [0.05, 0.1) is 26.4 Å². The number of aliphatic hydroxyl groups excluding tert-OH is 1. The number of ether oxygens (including phenoxy) is 4. The van der Waals surface area contributed by atoms with Crippen LogP contribution in [-0.4, -0.2) is 96.7 Å². The van der Waals surface area contributed by atoms with Crippen LogP contribution in [0.2, 0.25) is 0 Å². The summed E-state index contributed by atoms with van der Waals surface area (Å²) in [5.74, 6) is -2.12. The number of phosphoric acid groups is 2. The van der Waals surface area contributed by atoms with Crippen molar-refractivity contribution in [1.29, 1.82) is 0 Å². The molecule has 5 atom stereocenters. The van der Waals surface area contributed by atoms with Gasteiger partial charge in [-0.15, -0.1) is 0 Å². The summed E-state index contributed by atoms with van der Waals surface area (Å²) in [5, 5.41) is 10.6. The van der Waals surface area contributed by atoms with Crippen molar-refractivity contribution < 1.29 is 80.2 Å². The van der Waals surface area contributed by atoms with Gasteiger partial charge in [-0.2, -0.15) is 0 Å². The number of phosphoric ester groups is 2. The Morgan fingerprint density at radius 2 is 0.444 bits per heavy atom. The Kier molecular flexibility index (Phi) is 64.3. The number of esters is 4. The summed E-state index contributed by atoms with van der Waals surface area (Å²) in [6.07, 6.45) is 54.0. The van der Waals surface area contributed by atoms with E-state index in [2.05, 4.69) is 27.7 Å². The zero-order chi connectivity index (χ0) is 66.1. The van der Waals surface area contributed by atoms with Gasteiger partial charge in [0.2, 0.25) is 0 Å². The van der Waals surface area contributed by atoms with Crippen molar-refractivity contribution in [2.45, 2.75) is 393 Å². The van der Waals surface area contributed by atoms with Gasteiger partial charge >= 0.3 is 39.5 Å². The van der Waals surface area contributed by atoms with Crippen LogP contribution in [0.1, 0.15) is 374 Å². The van der Waals surface area contributed by atoms with Gasteiger partial charge in [0.25, 0.3) is 0 Å². The monoisotopic (exact) mass is 1320 g/mol. The van der Waals surface area contributed by atoms with E-state index in [1.165, 1.54) is 205 Å². The maximum absolute atomic E-state index is 13.0. The lowest BCUT2D eigenvalue weighted by Crippen LogP contribution is -2.30. The fraction of sp³-hybridized carbons (Fsp3) is 0.944. The summed E-state index contributed by atoms with van der Waals surface area (Å²) in [5.41, 5.74) is 0. The molecule has 0 radical (unpaired) electrons. The Balaban J connectivity index is 5.21. The molecule has 0 saturated carbocycles. The van der Waals surface area contributed by atoms with Crippen molar-refractivity contribution in [3.05, 3.63) is 0 Å². The molecule has 0 aliphatic rings. The van der Waals surface area contributed by atoms with Gasteiger partial charge in [-0.25, -0.2) is 9.13 Å². The predicted octanol–water partition coefficient (Wildman–Crippen LogP) is 20.7. The van der Waals surface area contributed by atoms with Crippen LogP contribution in [0.15, 0.2) is 0 Å². The van der Waals surface area contributed by atoms with Crippen molar-refractivity contribution in [3.8, 4) is 0 Å². The van der Waals surface area contributed by atoms with Crippen LogP contribution in [0.25, 0.3) is 0 Å². The van der Waals surface area contributed by atoms with Crippen molar-refractivity contribution in [2.24, 2.45) is 0 Å². The van der Waals surface area contributed by atoms with E-state index in [1.807, 2.05) is 0 Å². The molecule has 19 heteroatoms. The molecule has 0 aliphatic heterocycles.